The molecule has 0 amide bonds. The third-order valence-corrected chi connectivity index (χ3v) is 3.73. The first-order valence-electron chi connectivity index (χ1n) is 5.21. The van der Waals surface area contributed by atoms with Crippen LogP contribution < -0.4 is 0 Å². The SMILES string of the molecule is CCc1ccc(C(=O)c2cccc(Br)c2Cl)o1. The van der Waals surface area contributed by atoms with E-state index in [0.717, 1.165) is 12.2 Å². The number of hydrogen-bond donors (Lipinski definition) is 0. The van der Waals surface area contributed by atoms with Crippen LogP contribution in [0.5, 0.6) is 0 Å². The Hall–Kier alpha value is -1.06. The lowest BCUT2D eigenvalue weighted by molar-refractivity contribution is 0.101. The normalized spacial score (nSPS) is 10.5. The van der Waals surface area contributed by atoms with Gasteiger partial charge in [0, 0.05) is 16.5 Å². The minimum atomic E-state index is -0.198. The molecule has 0 N–H and O–H groups in total. The van der Waals surface area contributed by atoms with E-state index in [4.69, 9.17) is 16.0 Å². The molecule has 1 heterocycles. The molecule has 0 aliphatic carbocycles. The van der Waals surface area contributed by atoms with Crippen molar-refractivity contribution in [2.75, 3.05) is 0 Å². The van der Waals surface area contributed by atoms with Crippen molar-refractivity contribution in [1.82, 2.24) is 0 Å². The average molecular weight is 314 g/mol. The van der Waals surface area contributed by atoms with Gasteiger partial charge in [-0.25, -0.2) is 0 Å². The third kappa shape index (κ3) is 2.45. The molecule has 2 rings (SSSR count). The standard InChI is InChI=1S/C13H10BrClO2/c1-2-8-6-7-11(17-8)13(16)9-4-3-5-10(14)12(9)15/h3-7H,2H2,1H3. The Bertz CT molecular complexity index is 560. The number of hydrogen-bond acceptors (Lipinski definition) is 2. The van der Waals surface area contributed by atoms with Crippen molar-refractivity contribution in [3.8, 4) is 0 Å². The van der Waals surface area contributed by atoms with Gasteiger partial charge in [0.25, 0.3) is 0 Å². The van der Waals surface area contributed by atoms with E-state index in [0.29, 0.717) is 20.8 Å². The Kier molecular flexibility index (Phi) is 3.69. The van der Waals surface area contributed by atoms with Gasteiger partial charge in [0.1, 0.15) is 5.76 Å². The molecule has 0 fully saturated rings. The quantitative estimate of drug-likeness (QED) is 0.782. The Labute approximate surface area is 113 Å². The molecule has 2 aromatic rings. The van der Waals surface area contributed by atoms with E-state index >= 15 is 0 Å². The van der Waals surface area contributed by atoms with Gasteiger partial charge in [-0.05, 0) is 40.2 Å². The van der Waals surface area contributed by atoms with E-state index in [-0.39, 0.29) is 5.78 Å². The highest BCUT2D eigenvalue weighted by Gasteiger charge is 2.17. The van der Waals surface area contributed by atoms with Crippen LogP contribution in [0.3, 0.4) is 0 Å². The number of benzene rings is 1. The van der Waals surface area contributed by atoms with Crippen LogP contribution in [0.4, 0.5) is 0 Å². The zero-order valence-corrected chi connectivity index (χ0v) is 11.5. The lowest BCUT2D eigenvalue weighted by Crippen LogP contribution is -2.00. The van der Waals surface area contributed by atoms with Crippen LogP contribution in [0.2, 0.25) is 5.02 Å². The van der Waals surface area contributed by atoms with E-state index < -0.39 is 0 Å². The highest BCUT2D eigenvalue weighted by molar-refractivity contribution is 9.10. The van der Waals surface area contributed by atoms with Crippen LogP contribution in [0, 0.1) is 0 Å². The topological polar surface area (TPSA) is 30.2 Å². The predicted molar refractivity (Wildman–Crippen MR) is 70.7 cm³/mol. The van der Waals surface area contributed by atoms with Gasteiger partial charge >= 0.3 is 0 Å². The minimum absolute atomic E-state index is 0.198. The maximum Gasteiger partial charge on any atom is 0.229 e. The maximum absolute atomic E-state index is 12.1. The molecule has 88 valence electrons. The van der Waals surface area contributed by atoms with Crippen molar-refractivity contribution in [3.63, 3.8) is 0 Å². The molecule has 0 atom stereocenters. The summed E-state index contributed by atoms with van der Waals surface area (Å²) in [6.07, 6.45) is 0.763. The second-order valence-corrected chi connectivity index (χ2v) is 4.78. The van der Waals surface area contributed by atoms with Crippen LogP contribution in [-0.4, -0.2) is 5.78 Å². The summed E-state index contributed by atoms with van der Waals surface area (Å²) in [4.78, 5) is 12.1. The Morgan fingerprint density at radius 3 is 2.76 bits per heavy atom. The smallest absolute Gasteiger partial charge is 0.229 e. The molecule has 4 heteroatoms. The lowest BCUT2D eigenvalue weighted by atomic mass is 10.1. The first-order valence-corrected chi connectivity index (χ1v) is 6.38. The molecule has 0 aliphatic rings. The number of furan rings is 1. The average Bonchev–Trinajstić information content (AvgIpc) is 2.80. The van der Waals surface area contributed by atoms with Crippen LogP contribution >= 0.6 is 27.5 Å². The summed E-state index contributed by atoms with van der Waals surface area (Å²) in [5, 5.41) is 0.409. The molecule has 1 aromatic heterocycles. The van der Waals surface area contributed by atoms with Gasteiger partial charge in [-0.15, -0.1) is 0 Å². The van der Waals surface area contributed by atoms with E-state index in [1.165, 1.54) is 0 Å². The summed E-state index contributed by atoms with van der Waals surface area (Å²) in [7, 11) is 0. The molecule has 17 heavy (non-hydrogen) atoms. The predicted octanol–water partition coefficient (Wildman–Crippen LogP) is 4.49. The van der Waals surface area contributed by atoms with Gasteiger partial charge in [-0.2, -0.15) is 0 Å². The van der Waals surface area contributed by atoms with Crippen LogP contribution in [0.15, 0.2) is 39.2 Å². The molecule has 0 saturated carbocycles. The molecule has 0 saturated heterocycles. The summed E-state index contributed by atoms with van der Waals surface area (Å²) in [5.41, 5.74) is 0.443. The number of ketones is 1. The number of halogens is 2. The minimum Gasteiger partial charge on any atom is -0.458 e. The zero-order chi connectivity index (χ0) is 12.4. The maximum atomic E-state index is 12.1. The van der Waals surface area contributed by atoms with E-state index in [9.17, 15) is 4.79 Å². The lowest BCUT2D eigenvalue weighted by Gasteiger charge is -2.02. The Balaban J connectivity index is 2.40. The van der Waals surface area contributed by atoms with Gasteiger partial charge in [0.05, 0.1) is 5.02 Å². The second kappa shape index (κ2) is 5.07. The van der Waals surface area contributed by atoms with Crippen molar-refractivity contribution in [3.05, 3.63) is 56.9 Å². The first kappa shape index (κ1) is 12.4. The van der Waals surface area contributed by atoms with Gasteiger partial charge in [-0.3, -0.25) is 4.79 Å². The van der Waals surface area contributed by atoms with E-state index in [1.54, 1.807) is 30.3 Å². The van der Waals surface area contributed by atoms with Gasteiger partial charge in [-0.1, -0.05) is 24.6 Å². The summed E-state index contributed by atoms with van der Waals surface area (Å²) in [6, 6.07) is 8.73. The van der Waals surface area contributed by atoms with Crippen LogP contribution in [0.1, 0.15) is 28.8 Å². The fourth-order valence-corrected chi connectivity index (χ4v) is 2.08. The number of rotatable bonds is 3. The van der Waals surface area contributed by atoms with Crippen LogP contribution in [0.25, 0.3) is 0 Å². The van der Waals surface area contributed by atoms with Crippen molar-refractivity contribution in [2.45, 2.75) is 13.3 Å². The van der Waals surface area contributed by atoms with Gasteiger partial charge in [0.15, 0.2) is 5.76 Å². The number of carbonyl (C=O) groups is 1. The zero-order valence-electron chi connectivity index (χ0n) is 9.17. The Morgan fingerprint density at radius 2 is 2.12 bits per heavy atom. The van der Waals surface area contributed by atoms with Crippen molar-refractivity contribution < 1.29 is 9.21 Å². The van der Waals surface area contributed by atoms with Crippen molar-refractivity contribution in [2.24, 2.45) is 0 Å². The fourth-order valence-electron chi connectivity index (χ4n) is 1.50. The molecular formula is C13H10BrClO2. The highest BCUT2D eigenvalue weighted by atomic mass is 79.9. The molecule has 0 spiro atoms. The largest absolute Gasteiger partial charge is 0.458 e. The monoisotopic (exact) mass is 312 g/mol. The summed E-state index contributed by atoms with van der Waals surface area (Å²) < 4.78 is 6.12. The number of aryl methyl sites for hydroxylation is 1. The highest BCUT2D eigenvalue weighted by Crippen LogP contribution is 2.28. The van der Waals surface area contributed by atoms with Crippen LogP contribution in [-0.2, 0) is 6.42 Å². The molecule has 0 aliphatic heterocycles. The fraction of sp³-hybridized carbons (Fsp3) is 0.154. The molecular weight excluding hydrogens is 303 g/mol. The molecule has 0 unspecified atom stereocenters. The number of carbonyl (C=O) groups excluding carboxylic acids is 1. The molecule has 0 bridgehead atoms. The molecule has 2 nitrogen and oxygen atoms in total. The summed E-state index contributed by atoms with van der Waals surface area (Å²) in [5.74, 6) is 0.914. The summed E-state index contributed by atoms with van der Waals surface area (Å²) >= 11 is 9.36. The van der Waals surface area contributed by atoms with E-state index in [1.807, 2.05) is 6.92 Å². The van der Waals surface area contributed by atoms with Gasteiger partial charge in [0.2, 0.25) is 5.78 Å². The second-order valence-electron chi connectivity index (χ2n) is 3.55. The third-order valence-electron chi connectivity index (χ3n) is 2.43. The molecule has 0 radical (unpaired) electrons. The Morgan fingerprint density at radius 1 is 1.35 bits per heavy atom. The van der Waals surface area contributed by atoms with Crippen molar-refractivity contribution in [1.29, 1.82) is 0 Å². The van der Waals surface area contributed by atoms with Gasteiger partial charge < -0.3 is 4.42 Å². The molecule has 1 aromatic carbocycles. The first-order chi connectivity index (χ1) is 8.13. The van der Waals surface area contributed by atoms with Crippen molar-refractivity contribution >= 4 is 33.3 Å². The van der Waals surface area contributed by atoms with E-state index in [2.05, 4.69) is 15.9 Å². The summed E-state index contributed by atoms with van der Waals surface area (Å²) in [6.45, 7) is 1.97.